The fourth-order valence-electron chi connectivity index (χ4n) is 18.4. The summed E-state index contributed by atoms with van der Waals surface area (Å²) in [5, 5.41) is 12.8. The molecule has 12 heteroatoms. The van der Waals surface area contributed by atoms with E-state index in [1.165, 1.54) is 61.7 Å². The minimum atomic E-state index is -0.231. The summed E-state index contributed by atoms with van der Waals surface area (Å²) in [4.78, 5) is 0. The summed E-state index contributed by atoms with van der Waals surface area (Å²) < 4.78 is 91.1. The molecule has 8 heterocycles. The fourth-order valence-corrected chi connectivity index (χ4v) is 18.4. The van der Waals surface area contributed by atoms with Crippen molar-refractivity contribution in [1.29, 1.82) is 0 Å². The number of hydrogen-bond donors (Lipinski definition) is 0. The molecule has 0 atom stereocenters. The highest BCUT2D eigenvalue weighted by molar-refractivity contribution is 6.14. The number of pyridine rings is 4. The second kappa shape index (κ2) is 31.5. The molecule has 0 aliphatic carbocycles. The van der Waals surface area contributed by atoms with E-state index < -0.39 is 0 Å². The van der Waals surface area contributed by atoms with Crippen LogP contribution in [0.5, 0.6) is 0 Å². The lowest BCUT2D eigenvalue weighted by molar-refractivity contribution is -0.633. The number of furan rings is 4. The van der Waals surface area contributed by atoms with Crippen LogP contribution in [0.15, 0.2) is 242 Å². The highest BCUT2D eigenvalue weighted by Crippen LogP contribution is 2.45. The number of aryl methyl sites for hydroxylation is 8. The molecule has 0 spiro atoms. The monoisotopic (exact) mass is 1590 g/mol. The van der Waals surface area contributed by atoms with Crippen molar-refractivity contribution in [2.45, 2.75) is 116 Å². The Labute approximate surface area is 696 Å². The summed E-state index contributed by atoms with van der Waals surface area (Å²) in [6.45, 7) is 30.3. The third kappa shape index (κ3) is 14.0. The van der Waals surface area contributed by atoms with Gasteiger partial charge in [-0.2, -0.15) is 18.3 Å². The van der Waals surface area contributed by atoms with Crippen molar-refractivity contribution in [3.8, 4) is 45.0 Å². The van der Waals surface area contributed by atoms with Crippen molar-refractivity contribution in [2.75, 3.05) is 0 Å². The Balaban J connectivity index is 0.000000114. The fraction of sp³-hybridized carbons (Fsp3) is 0.222. The summed E-state index contributed by atoms with van der Waals surface area (Å²) in [6, 6.07) is 72.8. The Morgan fingerprint density at radius 2 is 0.600 bits per heavy atom. The van der Waals surface area contributed by atoms with Crippen LogP contribution in [0.25, 0.3) is 176 Å². The Morgan fingerprint density at radius 3 is 1.03 bits per heavy atom. The molecule has 0 N–H and O–H groups in total. The van der Waals surface area contributed by atoms with Gasteiger partial charge in [0.25, 0.3) is 0 Å². The third-order valence-electron chi connectivity index (χ3n) is 24.8. The Kier molecular flexibility index (Phi) is 20.9. The molecule has 0 saturated carbocycles. The number of halogens is 4. The molecule has 12 aromatic carbocycles. The minimum absolute atomic E-state index is 0.162. The van der Waals surface area contributed by atoms with E-state index in [0.29, 0.717) is 23.1 Å². The topological polar surface area (TPSA) is 68.1 Å². The summed E-state index contributed by atoms with van der Waals surface area (Å²) >= 11 is 0. The Morgan fingerprint density at radius 1 is 0.267 bits per heavy atom. The second-order valence-corrected chi connectivity index (χ2v) is 34.2. The van der Waals surface area contributed by atoms with Crippen LogP contribution < -0.4 is 18.3 Å². The molecule has 0 aliphatic heterocycles. The first kappa shape index (κ1) is 79.7. The van der Waals surface area contributed by atoms with Gasteiger partial charge in [0.15, 0.2) is 0 Å². The van der Waals surface area contributed by atoms with Crippen molar-refractivity contribution in [2.24, 2.45) is 45.9 Å². The van der Waals surface area contributed by atoms with Crippen LogP contribution in [0.2, 0.25) is 0 Å². The van der Waals surface area contributed by atoms with Crippen molar-refractivity contribution in [1.82, 2.24) is 0 Å². The van der Waals surface area contributed by atoms with Gasteiger partial charge in [0.05, 0.1) is 33.0 Å². The number of hydrogen-bond acceptors (Lipinski definition) is 4. The normalized spacial score (nSPS) is 11.9. The number of nitrogens with zero attached hydrogens (tertiary/aromatic N) is 4. The predicted octanol–water partition coefficient (Wildman–Crippen LogP) is 27.5. The van der Waals surface area contributed by atoms with Gasteiger partial charge in [-0.1, -0.05) is 120 Å². The number of para-hydroxylation sites is 4. The lowest BCUT2D eigenvalue weighted by Gasteiger charge is -2.14. The standard InChI is InChI=1S/3C28H27FNO.C24H19FNO/c1-16(2)13-19-15-24(30(5)23-11-8-10-22(29)27(19)23)26-18(4)17(3)14-21-20-9-6-7-12-25(20)31-28(21)26;1-16(2)12-19-14-25(30(5)24-15-20(29)10-11-21(19)24)27-18(4)17(3)13-23-22-8-6-7-9-26(22)31-28(23)27;1-16(2)12-19-14-25(30(5)24-11-10-20(29)15-22(19)24)27-18(4)17(3)13-23-21-8-6-7-9-26(21)31-28(23)27;1-14-12-19-18-6-4-5-7-22(18)27-24(19)23(15(14)2)20-11-9-16-8-10-17(25)13-21(16)26(20)3/h6-12,14-16H,13H2,1-5H3;2*6-11,13-16H,12H2,1-5H3;4-13H,1-3H3/q4*+1. The van der Waals surface area contributed by atoms with Gasteiger partial charge in [-0.3, -0.25) is 0 Å². The van der Waals surface area contributed by atoms with Crippen LogP contribution in [-0.2, 0) is 47.5 Å². The molecule has 120 heavy (non-hydrogen) atoms. The van der Waals surface area contributed by atoms with Gasteiger partial charge in [-0.05, 0) is 251 Å². The number of rotatable bonds is 10. The molecular formula is C108H100F4N4O4+4. The van der Waals surface area contributed by atoms with Crippen LogP contribution in [0.3, 0.4) is 0 Å². The van der Waals surface area contributed by atoms with Gasteiger partial charge in [0.1, 0.15) is 96.1 Å². The molecule has 600 valence electrons. The van der Waals surface area contributed by atoms with Crippen LogP contribution in [-0.4, -0.2) is 0 Å². The third-order valence-corrected chi connectivity index (χ3v) is 24.8. The summed E-state index contributed by atoms with van der Waals surface area (Å²) in [5.74, 6) is 0.584. The van der Waals surface area contributed by atoms with Crippen molar-refractivity contribution < 1.29 is 53.5 Å². The van der Waals surface area contributed by atoms with Crippen molar-refractivity contribution >= 4 is 131 Å². The SMILES string of the molecule is Cc1cc2c(oc3ccccc32)c(-c2cc(CC(C)C)c3c(F)cccc3[n+]2C)c1C.Cc1cc2c(oc3ccccc32)c(-c2cc(CC(C)C)c3cc(F)ccc3[n+]2C)c1C.Cc1cc2c(oc3ccccc32)c(-c2cc(CC(C)C)c3ccc(F)cc3[n+]2C)c1C.Cc1cc2c(oc3ccccc32)c(-c2ccc3ccc(F)cc3[n+]2C)c1C. The zero-order valence-electron chi connectivity index (χ0n) is 71.6. The first-order chi connectivity index (χ1) is 57.6. The van der Waals surface area contributed by atoms with E-state index in [1.54, 1.807) is 42.5 Å². The molecule has 0 bridgehead atoms. The quantitative estimate of drug-likeness (QED) is 0.101. The van der Waals surface area contributed by atoms with Gasteiger partial charge < -0.3 is 17.7 Å². The summed E-state index contributed by atoms with van der Waals surface area (Å²) in [5.41, 5.74) is 32.5. The molecule has 8 aromatic heterocycles. The van der Waals surface area contributed by atoms with Crippen molar-refractivity contribution in [3.05, 3.63) is 309 Å². The maximum atomic E-state index is 14.9. The molecule has 0 fully saturated rings. The van der Waals surface area contributed by atoms with Crippen molar-refractivity contribution in [3.63, 3.8) is 0 Å². The Bertz CT molecular complexity index is 7440. The van der Waals surface area contributed by atoms with Gasteiger partial charge in [0.2, 0.25) is 44.8 Å². The molecule has 20 aromatic rings. The molecule has 0 aliphatic rings. The maximum absolute atomic E-state index is 14.9. The molecule has 0 saturated heterocycles. The van der Waals surface area contributed by atoms with E-state index in [0.717, 1.165) is 196 Å². The smallest absolute Gasteiger partial charge is 0.217 e. The predicted molar refractivity (Wildman–Crippen MR) is 485 cm³/mol. The zero-order chi connectivity index (χ0) is 84.3. The molecule has 0 unspecified atom stereocenters. The van der Waals surface area contributed by atoms with Crippen LogP contribution >= 0.6 is 0 Å². The number of benzene rings is 12. The largest absolute Gasteiger partial charge is 0.455 e. The van der Waals surface area contributed by atoms with E-state index in [2.05, 4.69) is 197 Å². The van der Waals surface area contributed by atoms with Crippen LogP contribution in [0.4, 0.5) is 17.6 Å². The zero-order valence-corrected chi connectivity index (χ0v) is 71.6. The van der Waals surface area contributed by atoms with E-state index in [1.807, 2.05) is 123 Å². The first-order valence-electron chi connectivity index (χ1n) is 41.7. The minimum Gasteiger partial charge on any atom is -0.455 e. The Hall–Kier alpha value is -12.8. The highest BCUT2D eigenvalue weighted by Gasteiger charge is 2.32. The second-order valence-electron chi connectivity index (χ2n) is 34.2. The van der Waals surface area contributed by atoms with Crippen LogP contribution in [0, 0.1) is 96.4 Å². The molecule has 20 rings (SSSR count). The van der Waals surface area contributed by atoms with E-state index in [4.69, 9.17) is 17.7 Å². The number of fused-ring (bicyclic) bond motifs is 16. The van der Waals surface area contributed by atoms with E-state index in [9.17, 15) is 17.6 Å². The first-order valence-corrected chi connectivity index (χ1v) is 41.7. The average Bonchev–Trinajstić information content (AvgIpc) is 1.52. The van der Waals surface area contributed by atoms with E-state index in [-0.39, 0.29) is 23.3 Å². The van der Waals surface area contributed by atoms with Gasteiger partial charge >= 0.3 is 0 Å². The molecular weight excluding hydrogens is 1490 g/mol. The van der Waals surface area contributed by atoms with Gasteiger partial charge in [0, 0.05) is 102 Å². The summed E-state index contributed by atoms with van der Waals surface area (Å²) in [7, 11) is 8.08. The van der Waals surface area contributed by atoms with Gasteiger partial charge in [-0.25, -0.2) is 17.6 Å². The average molecular weight is 1590 g/mol. The van der Waals surface area contributed by atoms with Gasteiger partial charge in [-0.15, -0.1) is 0 Å². The lowest BCUT2D eigenvalue weighted by atomic mass is 9.92. The molecule has 8 nitrogen and oxygen atoms in total. The highest BCUT2D eigenvalue weighted by atomic mass is 19.1. The molecule has 0 radical (unpaired) electrons. The van der Waals surface area contributed by atoms with E-state index >= 15 is 0 Å². The van der Waals surface area contributed by atoms with Crippen LogP contribution in [0.1, 0.15) is 103 Å². The molecule has 0 amide bonds. The number of aromatic nitrogens is 4. The maximum Gasteiger partial charge on any atom is 0.217 e. The lowest BCUT2D eigenvalue weighted by Crippen LogP contribution is -2.33. The summed E-state index contributed by atoms with van der Waals surface area (Å²) in [6.07, 6.45) is 2.64.